The molecule has 0 bridgehead atoms. The molecule has 17 heteroatoms. The zero-order valence-electron chi connectivity index (χ0n) is 32.3. The molecule has 298 valence electrons. The SMILES string of the molecule is COC(=O)N[C@H](C(=O)N1CCC[C@@]1(C)C(=O)O)C(C)C.COC(=O)N[C@H](C(=O)N1CCC[C@@]1(C)C(=O)OCC(=O)c1ccc(Br)c2c(C)c[nH]c12)C(C)C. The summed E-state index contributed by atoms with van der Waals surface area (Å²) in [5.41, 5.74) is -0.361. The van der Waals surface area contributed by atoms with Crippen molar-refractivity contribution in [1.82, 2.24) is 25.4 Å². The number of likely N-dealkylation sites (tertiary alicyclic amines) is 2. The Bertz CT molecular complexity index is 1760. The van der Waals surface area contributed by atoms with E-state index in [2.05, 4.69) is 41.0 Å². The molecule has 4 rings (SSSR count). The maximum Gasteiger partial charge on any atom is 0.407 e. The smallest absolute Gasteiger partial charge is 0.407 e. The fourth-order valence-electron chi connectivity index (χ4n) is 6.76. The van der Waals surface area contributed by atoms with Gasteiger partial charge in [-0.1, -0.05) is 43.6 Å². The Morgan fingerprint density at radius 2 is 1.33 bits per heavy atom. The molecule has 0 saturated carbocycles. The van der Waals surface area contributed by atoms with Crippen LogP contribution in [0.15, 0.2) is 22.8 Å². The van der Waals surface area contributed by atoms with Crippen LogP contribution in [0.2, 0.25) is 0 Å². The lowest BCUT2D eigenvalue weighted by Crippen LogP contribution is -2.58. The van der Waals surface area contributed by atoms with Crippen molar-refractivity contribution in [3.8, 4) is 0 Å². The average Bonchev–Trinajstić information content (AvgIpc) is 3.85. The first-order chi connectivity index (χ1) is 25.2. The van der Waals surface area contributed by atoms with Crippen molar-refractivity contribution in [2.45, 2.75) is 97.3 Å². The number of aromatic nitrogens is 1. The molecular formula is C37H52BrN5O11. The monoisotopic (exact) mass is 821 g/mol. The zero-order chi connectivity index (χ0) is 40.7. The highest BCUT2D eigenvalue weighted by molar-refractivity contribution is 9.10. The molecule has 0 spiro atoms. The number of benzene rings is 1. The van der Waals surface area contributed by atoms with E-state index in [-0.39, 0.29) is 29.4 Å². The molecule has 2 aliphatic rings. The van der Waals surface area contributed by atoms with E-state index in [9.17, 15) is 38.7 Å². The van der Waals surface area contributed by atoms with Crippen molar-refractivity contribution < 1.29 is 52.9 Å². The summed E-state index contributed by atoms with van der Waals surface area (Å²) >= 11 is 3.50. The molecule has 0 aliphatic carbocycles. The van der Waals surface area contributed by atoms with Crippen LogP contribution in [-0.2, 0) is 33.4 Å². The van der Waals surface area contributed by atoms with E-state index in [0.29, 0.717) is 49.9 Å². The first-order valence-electron chi connectivity index (χ1n) is 17.8. The van der Waals surface area contributed by atoms with Crippen molar-refractivity contribution >= 4 is 68.6 Å². The van der Waals surface area contributed by atoms with E-state index in [4.69, 9.17) is 4.74 Å². The summed E-state index contributed by atoms with van der Waals surface area (Å²) in [7, 11) is 2.44. The number of esters is 1. The number of fused-ring (bicyclic) bond motifs is 1. The maximum absolute atomic E-state index is 13.3. The third kappa shape index (κ3) is 9.33. The van der Waals surface area contributed by atoms with Crippen LogP contribution >= 0.6 is 15.9 Å². The van der Waals surface area contributed by atoms with Gasteiger partial charge in [0.15, 0.2) is 6.61 Å². The second kappa shape index (κ2) is 18.1. The summed E-state index contributed by atoms with van der Waals surface area (Å²) in [4.78, 5) is 92.2. The Morgan fingerprint density at radius 3 is 1.80 bits per heavy atom. The van der Waals surface area contributed by atoms with Gasteiger partial charge in [0, 0.05) is 34.7 Å². The van der Waals surface area contributed by atoms with Crippen LogP contribution < -0.4 is 10.6 Å². The normalized spacial score (nSPS) is 20.5. The molecule has 0 unspecified atom stereocenters. The van der Waals surface area contributed by atoms with Gasteiger partial charge in [-0.15, -0.1) is 0 Å². The minimum Gasteiger partial charge on any atom is -0.480 e. The van der Waals surface area contributed by atoms with Crippen LogP contribution in [0.4, 0.5) is 9.59 Å². The largest absolute Gasteiger partial charge is 0.480 e. The molecule has 0 radical (unpaired) electrons. The number of amides is 4. The first-order valence-corrected chi connectivity index (χ1v) is 18.6. The highest BCUT2D eigenvalue weighted by Crippen LogP contribution is 2.33. The van der Waals surface area contributed by atoms with Crippen LogP contribution in [0.25, 0.3) is 10.9 Å². The molecule has 1 aromatic carbocycles. The van der Waals surface area contributed by atoms with Crippen LogP contribution in [0.3, 0.4) is 0 Å². The minimum absolute atomic E-state index is 0.166. The molecule has 2 saturated heterocycles. The quantitative estimate of drug-likeness (QED) is 0.140. The molecule has 1 aromatic heterocycles. The summed E-state index contributed by atoms with van der Waals surface area (Å²) in [6.07, 6.45) is 2.44. The zero-order valence-corrected chi connectivity index (χ0v) is 33.9. The second-order valence-corrected chi connectivity index (χ2v) is 15.4. The van der Waals surface area contributed by atoms with E-state index in [0.717, 1.165) is 15.4 Å². The number of carbonyl (C=O) groups is 7. The Kier molecular flexibility index (Phi) is 14.7. The lowest BCUT2D eigenvalue weighted by molar-refractivity contribution is -0.160. The van der Waals surface area contributed by atoms with Gasteiger partial charge in [0.2, 0.25) is 17.6 Å². The number of carbonyl (C=O) groups excluding carboxylic acids is 6. The van der Waals surface area contributed by atoms with E-state index in [1.165, 1.54) is 30.9 Å². The number of ether oxygens (including phenoxy) is 3. The number of alkyl carbamates (subject to hydrolysis) is 2. The fourth-order valence-corrected chi connectivity index (χ4v) is 7.41. The lowest BCUT2D eigenvalue weighted by Gasteiger charge is -2.36. The van der Waals surface area contributed by atoms with E-state index >= 15 is 0 Å². The summed E-state index contributed by atoms with van der Waals surface area (Å²) in [6.45, 7) is 12.5. The number of halogens is 1. The Morgan fingerprint density at radius 1 is 0.852 bits per heavy atom. The number of methoxy groups -OCH3 is 2. The number of rotatable bonds is 11. The van der Waals surface area contributed by atoms with Gasteiger partial charge in [-0.2, -0.15) is 0 Å². The van der Waals surface area contributed by atoms with E-state index in [1.54, 1.807) is 46.8 Å². The molecule has 16 nitrogen and oxygen atoms in total. The van der Waals surface area contributed by atoms with Crippen LogP contribution in [0.5, 0.6) is 0 Å². The maximum atomic E-state index is 13.3. The van der Waals surface area contributed by atoms with E-state index in [1.807, 2.05) is 13.1 Å². The van der Waals surface area contributed by atoms with Crippen molar-refractivity contribution in [3.63, 3.8) is 0 Å². The number of aliphatic carboxylic acids is 1. The molecular weight excluding hydrogens is 770 g/mol. The van der Waals surface area contributed by atoms with Gasteiger partial charge < -0.3 is 44.7 Å². The average molecular weight is 823 g/mol. The second-order valence-electron chi connectivity index (χ2n) is 14.6. The van der Waals surface area contributed by atoms with Gasteiger partial charge in [0.25, 0.3) is 0 Å². The van der Waals surface area contributed by atoms with Crippen LogP contribution in [0.1, 0.15) is 83.1 Å². The van der Waals surface area contributed by atoms with Crippen molar-refractivity contribution in [1.29, 1.82) is 0 Å². The number of carboxylic acid groups (broad SMARTS) is 1. The number of nitrogens with one attached hydrogen (secondary N) is 3. The summed E-state index contributed by atoms with van der Waals surface area (Å²) in [5, 5.41) is 15.3. The predicted molar refractivity (Wildman–Crippen MR) is 201 cm³/mol. The van der Waals surface area contributed by atoms with Crippen LogP contribution in [0, 0.1) is 18.8 Å². The number of hydrogen-bond donors (Lipinski definition) is 4. The molecule has 54 heavy (non-hydrogen) atoms. The predicted octanol–water partition coefficient (Wildman–Crippen LogP) is 4.56. The van der Waals surface area contributed by atoms with Crippen LogP contribution in [-0.4, -0.2) is 119 Å². The number of hydrogen-bond acceptors (Lipinski definition) is 10. The van der Waals surface area contributed by atoms with Gasteiger partial charge in [-0.05, 0) is 76.0 Å². The lowest BCUT2D eigenvalue weighted by atomic mass is 9.96. The van der Waals surface area contributed by atoms with Crippen molar-refractivity contribution in [2.24, 2.45) is 11.8 Å². The Hall–Kier alpha value is -4.67. The summed E-state index contributed by atoms with van der Waals surface area (Å²) in [5.74, 6) is -3.18. The highest BCUT2D eigenvalue weighted by atomic mass is 79.9. The first kappa shape index (κ1) is 43.7. The van der Waals surface area contributed by atoms with Gasteiger partial charge in [0.1, 0.15) is 23.2 Å². The topological polar surface area (TPSA) is 214 Å². The number of H-pyrrole nitrogens is 1. The third-order valence-electron chi connectivity index (χ3n) is 10.1. The van der Waals surface area contributed by atoms with Gasteiger partial charge >= 0.3 is 24.1 Å². The molecule has 2 aromatic rings. The number of Topliss-reactive ketones (excluding diaryl/α,β-unsaturated/α-hetero) is 1. The Balaban J connectivity index is 0.000000334. The van der Waals surface area contributed by atoms with E-state index < -0.39 is 53.9 Å². The number of ketones is 1. The minimum atomic E-state index is -1.24. The molecule has 3 heterocycles. The molecule has 4 amide bonds. The molecule has 4 N–H and O–H groups in total. The Labute approximate surface area is 323 Å². The highest BCUT2D eigenvalue weighted by Gasteiger charge is 2.50. The summed E-state index contributed by atoms with van der Waals surface area (Å²) < 4.78 is 15.4. The van der Waals surface area contributed by atoms with Gasteiger partial charge in [0.05, 0.1) is 19.7 Å². The van der Waals surface area contributed by atoms with Gasteiger partial charge in [-0.25, -0.2) is 19.2 Å². The molecule has 2 aliphatic heterocycles. The van der Waals surface area contributed by atoms with Gasteiger partial charge in [-0.3, -0.25) is 14.4 Å². The van der Waals surface area contributed by atoms with Crippen molar-refractivity contribution in [2.75, 3.05) is 33.9 Å². The number of aryl methyl sites for hydroxylation is 1. The summed E-state index contributed by atoms with van der Waals surface area (Å²) in [6, 6.07) is 1.82. The molecule has 2 fully saturated rings. The standard InChI is InChI=1S/C24H30BrN3O6.C13H22N2O5/c1-13(2)19(27-23(32)33-5)21(30)28-10-6-9-24(28,4)22(31)34-12-17(29)15-7-8-16(25)18-14(3)11-26-20(15)18;1-8(2)9(14-12(19)20-4)10(16)15-7-5-6-13(15,3)11(17)18/h7-8,11,13,19,26H,6,9-10,12H2,1-5H3,(H,27,32);8-9H,5-7H2,1-4H3,(H,14,19)(H,17,18)/t19-,24-;9-,13-/m00/s1. The van der Waals surface area contributed by atoms with Crippen molar-refractivity contribution in [3.05, 3.63) is 33.9 Å². The number of nitrogens with zero attached hydrogens (tertiary/aromatic N) is 2. The fraction of sp³-hybridized carbons (Fsp3) is 0.595. The number of carboxylic acids is 1. The third-order valence-corrected chi connectivity index (χ3v) is 10.8. The molecule has 4 atom stereocenters. The number of aromatic amines is 1.